The molecule has 222 valence electrons. The van der Waals surface area contributed by atoms with Gasteiger partial charge in [0.1, 0.15) is 22.4 Å². The van der Waals surface area contributed by atoms with Crippen LogP contribution in [0.25, 0.3) is 0 Å². The number of Topliss-reactive ketones (excluding diaryl/α,β-unsaturated/α-hetero) is 1. The summed E-state index contributed by atoms with van der Waals surface area (Å²) in [6, 6.07) is 12.5. The SMILES string of the molecule is CCN1C(=CC2=C(O)C(=CC3=[N+](CCCCCO)c4ccccc4C3(C)C)C2=O)C(C)(C)c2cc(S(=O)(=O)[O-])ccc21. The van der Waals surface area contributed by atoms with Crippen LogP contribution in [-0.2, 0) is 25.7 Å². The van der Waals surface area contributed by atoms with Gasteiger partial charge >= 0.3 is 0 Å². The van der Waals surface area contributed by atoms with Crippen LogP contribution in [-0.4, -0.2) is 59.0 Å². The number of aliphatic hydroxyl groups excluding tert-OH is 2. The Morgan fingerprint density at radius 2 is 1.69 bits per heavy atom. The maximum Gasteiger partial charge on any atom is 0.209 e. The van der Waals surface area contributed by atoms with Gasteiger partial charge < -0.3 is 19.7 Å². The van der Waals surface area contributed by atoms with Gasteiger partial charge in [0.25, 0.3) is 0 Å². The van der Waals surface area contributed by atoms with Gasteiger partial charge in [-0.2, -0.15) is 4.58 Å². The Morgan fingerprint density at radius 3 is 2.33 bits per heavy atom. The molecule has 0 radical (unpaired) electrons. The molecule has 0 saturated heterocycles. The van der Waals surface area contributed by atoms with Crippen molar-refractivity contribution in [3.8, 4) is 0 Å². The third-order valence-corrected chi connectivity index (χ3v) is 9.70. The first-order valence-corrected chi connectivity index (χ1v) is 15.8. The lowest BCUT2D eigenvalue weighted by Gasteiger charge is -2.28. The van der Waals surface area contributed by atoms with Crippen LogP contribution in [0.2, 0.25) is 0 Å². The van der Waals surface area contributed by atoms with Gasteiger partial charge in [-0.1, -0.05) is 32.0 Å². The second-order valence-electron chi connectivity index (χ2n) is 12.1. The van der Waals surface area contributed by atoms with Gasteiger partial charge in [0, 0.05) is 54.1 Å². The molecule has 0 aromatic heterocycles. The maximum atomic E-state index is 13.6. The van der Waals surface area contributed by atoms with Gasteiger partial charge in [-0.25, -0.2) is 8.42 Å². The number of unbranched alkanes of at least 4 members (excludes halogenated alkanes) is 2. The largest absolute Gasteiger partial charge is 0.744 e. The number of para-hydroxylation sites is 1. The minimum atomic E-state index is -4.63. The van der Waals surface area contributed by atoms with E-state index in [2.05, 4.69) is 30.6 Å². The first-order chi connectivity index (χ1) is 19.7. The predicted octanol–water partition coefficient (Wildman–Crippen LogP) is 5.15. The molecule has 2 heterocycles. The van der Waals surface area contributed by atoms with Crippen molar-refractivity contribution >= 4 is 33.0 Å². The highest BCUT2D eigenvalue weighted by molar-refractivity contribution is 7.85. The van der Waals surface area contributed by atoms with Crippen LogP contribution < -0.4 is 4.90 Å². The van der Waals surface area contributed by atoms with Crippen LogP contribution in [0.3, 0.4) is 0 Å². The highest BCUT2D eigenvalue weighted by Gasteiger charge is 2.47. The van der Waals surface area contributed by atoms with Gasteiger partial charge in [-0.3, -0.25) is 4.79 Å². The molecule has 0 saturated carbocycles. The third kappa shape index (κ3) is 4.73. The molecule has 2 aromatic rings. The monoisotopic (exact) mass is 590 g/mol. The lowest BCUT2D eigenvalue weighted by atomic mass is 9.77. The Balaban J connectivity index is 1.55. The van der Waals surface area contributed by atoms with Crippen molar-refractivity contribution in [2.45, 2.75) is 69.6 Å². The minimum Gasteiger partial charge on any atom is -0.744 e. The topological polar surface area (TPSA) is 121 Å². The van der Waals surface area contributed by atoms with Crippen LogP contribution in [0.1, 0.15) is 65.0 Å². The van der Waals surface area contributed by atoms with Gasteiger partial charge in [-0.05, 0) is 63.5 Å². The zero-order valence-electron chi connectivity index (χ0n) is 24.8. The molecular weight excluding hydrogens is 552 g/mol. The molecule has 2 aromatic carbocycles. The first kappa shape index (κ1) is 29.9. The predicted molar refractivity (Wildman–Crippen MR) is 161 cm³/mol. The number of allylic oxidation sites excluding steroid dienone is 5. The normalized spacial score (nSPS) is 20.9. The number of nitrogens with zero attached hydrogens (tertiary/aromatic N) is 2. The quantitative estimate of drug-likeness (QED) is 0.179. The van der Waals surface area contributed by atoms with Crippen molar-refractivity contribution in [1.82, 2.24) is 0 Å². The number of carbonyl (C=O) groups excluding carboxylic acids is 1. The Hall–Kier alpha value is -3.53. The lowest BCUT2D eigenvalue weighted by Crippen LogP contribution is -2.32. The summed E-state index contributed by atoms with van der Waals surface area (Å²) in [6.07, 6.45) is 6.00. The molecule has 42 heavy (non-hydrogen) atoms. The molecule has 0 spiro atoms. The summed E-state index contributed by atoms with van der Waals surface area (Å²) in [5.41, 5.74) is 4.71. The van der Waals surface area contributed by atoms with E-state index in [0.29, 0.717) is 12.1 Å². The zero-order chi connectivity index (χ0) is 30.6. The number of aliphatic hydroxyl groups is 2. The van der Waals surface area contributed by atoms with Gasteiger partial charge in [0.15, 0.2) is 5.71 Å². The minimum absolute atomic E-state index is 0.0716. The van der Waals surface area contributed by atoms with Crippen LogP contribution in [0.4, 0.5) is 11.4 Å². The van der Waals surface area contributed by atoms with E-state index in [1.54, 1.807) is 12.1 Å². The molecule has 0 unspecified atom stereocenters. The van der Waals surface area contributed by atoms with Crippen molar-refractivity contribution in [1.29, 1.82) is 0 Å². The average molecular weight is 591 g/mol. The van der Waals surface area contributed by atoms with Crippen LogP contribution in [0.15, 0.2) is 82.1 Å². The number of anilines is 1. The van der Waals surface area contributed by atoms with E-state index in [9.17, 15) is 28.0 Å². The van der Waals surface area contributed by atoms with E-state index in [0.717, 1.165) is 54.2 Å². The van der Waals surface area contributed by atoms with E-state index in [4.69, 9.17) is 0 Å². The van der Waals surface area contributed by atoms with E-state index >= 15 is 0 Å². The second-order valence-corrected chi connectivity index (χ2v) is 13.5. The standard InChI is InChI=1S/C33H38N2O6S/c1-6-34-27-15-14-21(42(39,40)41)18-25(27)33(4,5)28(34)19-22-30(37)23(31(22)38)20-29-32(2,3)24-12-8-9-13-26(24)35(29)16-10-7-11-17-36/h8-9,12-15,18-20,36H,6-7,10-11,16-17H2,1-5H3,(H-,37,38,39,40,41). The number of ketones is 1. The number of likely N-dealkylation sites (N-methyl/N-ethyl adjacent to an activating group) is 1. The summed E-state index contributed by atoms with van der Waals surface area (Å²) in [6.45, 7) is 11.4. The molecule has 9 heteroatoms. The summed E-state index contributed by atoms with van der Waals surface area (Å²) in [4.78, 5) is 15.3. The molecule has 1 aliphatic carbocycles. The maximum absolute atomic E-state index is 13.6. The summed E-state index contributed by atoms with van der Waals surface area (Å²) < 4.78 is 37.4. The number of rotatable bonds is 9. The smallest absolute Gasteiger partial charge is 0.209 e. The summed E-state index contributed by atoms with van der Waals surface area (Å²) >= 11 is 0. The highest BCUT2D eigenvalue weighted by Crippen LogP contribution is 2.49. The molecule has 5 rings (SSSR count). The van der Waals surface area contributed by atoms with Crippen molar-refractivity contribution in [2.24, 2.45) is 0 Å². The molecule has 8 nitrogen and oxygen atoms in total. The Kier molecular flexibility index (Phi) is 7.58. The van der Waals surface area contributed by atoms with E-state index < -0.39 is 15.5 Å². The molecule has 0 amide bonds. The number of benzene rings is 2. The van der Waals surface area contributed by atoms with Crippen LogP contribution in [0.5, 0.6) is 0 Å². The van der Waals surface area contributed by atoms with Crippen LogP contribution >= 0.6 is 0 Å². The highest BCUT2D eigenvalue weighted by atomic mass is 32.2. The molecule has 0 bridgehead atoms. The number of fused-ring (bicyclic) bond motifs is 2. The van der Waals surface area contributed by atoms with Gasteiger partial charge in [0.2, 0.25) is 11.5 Å². The van der Waals surface area contributed by atoms with E-state index in [1.807, 2.05) is 43.9 Å². The van der Waals surface area contributed by atoms with E-state index in [-0.39, 0.29) is 39.6 Å². The zero-order valence-corrected chi connectivity index (χ0v) is 25.6. The summed E-state index contributed by atoms with van der Waals surface area (Å²) in [5.74, 6) is -0.331. The molecule has 0 fully saturated rings. The molecule has 0 atom stereocenters. The average Bonchev–Trinajstić information content (AvgIpc) is 3.29. The molecule has 3 aliphatic rings. The number of hydrogen-bond acceptors (Lipinski definition) is 7. The van der Waals surface area contributed by atoms with Crippen molar-refractivity contribution < 1.29 is 32.6 Å². The van der Waals surface area contributed by atoms with E-state index in [1.165, 1.54) is 12.1 Å². The second kappa shape index (κ2) is 10.6. The van der Waals surface area contributed by atoms with Gasteiger partial charge in [0.05, 0.1) is 21.5 Å². The fraction of sp³-hybridized carbons (Fsp3) is 0.394. The first-order valence-electron chi connectivity index (χ1n) is 14.4. The Labute approximate surface area is 247 Å². The van der Waals surface area contributed by atoms with Crippen molar-refractivity contribution in [3.05, 3.63) is 88.3 Å². The fourth-order valence-corrected chi connectivity index (χ4v) is 6.99. The summed E-state index contributed by atoms with van der Waals surface area (Å²) in [5, 5.41) is 20.4. The number of carbonyl (C=O) groups is 1. The molecular formula is C33H38N2O6S. The van der Waals surface area contributed by atoms with Gasteiger partial charge in [-0.15, -0.1) is 0 Å². The Morgan fingerprint density at radius 1 is 0.976 bits per heavy atom. The van der Waals surface area contributed by atoms with Crippen LogP contribution in [0, 0.1) is 0 Å². The Bertz CT molecular complexity index is 1710. The van der Waals surface area contributed by atoms with Crippen molar-refractivity contribution in [2.75, 3.05) is 24.6 Å². The van der Waals surface area contributed by atoms with Crippen molar-refractivity contribution in [3.63, 3.8) is 0 Å². The number of hydrogen-bond donors (Lipinski definition) is 2. The lowest BCUT2D eigenvalue weighted by molar-refractivity contribution is -0.438. The third-order valence-electron chi connectivity index (χ3n) is 8.87. The fourth-order valence-electron chi connectivity index (χ4n) is 6.50. The molecule has 2 N–H and O–H groups in total. The summed E-state index contributed by atoms with van der Waals surface area (Å²) in [7, 11) is -4.63. The molecule has 2 aliphatic heterocycles.